The van der Waals surface area contributed by atoms with Gasteiger partial charge in [0.25, 0.3) is 0 Å². The average molecular weight is 281 g/mol. The van der Waals surface area contributed by atoms with Crippen molar-refractivity contribution in [1.29, 1.82) is 0 Å². The van der Waals surface area contributed by atoms with Crippen LogP contribution in [0.2, 0.25) is 0 Å². The molecule has 1 aliphatic rings. The summed E-state index contributed by atoms with van der Waals surface area (Å²) in [5.41, 5.74) is 0. The summed E-state index contributed by atoms with van der Waals surface area (Å²) in [6.45, 7) is 0.763. The normalized spacial score (nSPS) is 18.0. The molecule has 0 aliphatic carbocycles. The fourth-order valence-corrected chi connectivity index (χ4v) is 0.513. The number of rotatable bonds is 0. The largest absolute Gasteiger partial charge is 1.00 e. The van der Waals surface area contributed by atoms with Crippen LogP contribution in [-0.2, 0) is 27.2 Å². The maximum atomic E-state index is 10.1. The molecule has 0 unspecified atom stereocenters. The minimum Gasteiger partial charge on any atom is -0.653 e. The first-order chi connectivity index (χ1) is 2.89. The number of carbonyl (C=O) groups is 1. The van der Waals surface area contributed by atoms with Crippen LogP contribution in [0.15, 0.2) is 0 Å². The molecule has 3 heteroatoms. The molecular formula is C4H6AuNO. The van der Waals surface area contributed by atoms with E-state index in [9.17, 15) is 4.79 Å². The summed E-state index contributed by atoms with van der Waals surface area (Å²) in [5, 5.41) is 3.60. The molecule has 0 radical (unpaired) electrons. The van der Waals surface area contributed by atoms with Crippen molar-refractivity contribution in [2.24, 2.45) is 0 Å². The monoisotopic (exact) mass is 281 g/mol. The second-order valence-corrected chi connectivity index (χ2v) is 1.38. The van der Waals surface area contributed by atoms with Gasteiger partial charge in [0.2, 0.25) is 0 Å². The average Bonchev–Trinajstić information content (AvgIpc) is 1.86. The molecule has 44 valence electrons. The van der Waals surface area contributed by atoms with E-state index in [1.54, 1.807) is 0 Å². The Balaban J connectivity index is 0.000000360. The van der Waals surface area contributed by atoms with Crippen molar-refractivity contribution in [2.75, 3.05) is 6.54 Å². The molecule has 0 saturated carbocycles. The van der Waals surface area contributed by atoms with E-state index in [1.807, 2.05) is 0 Å². The molecule has 1 saturated heterocycles. The summed E-state index contributed by atoms with van der Waals surface area (Å²) in [5.74, 6) is 0.0787. The van der Waals surface area contributed by atoms with Crippen molar-refractivity contribution in [3.63, 3.8) is 0 Å². The molecule has 0 bridgehead atoms. The zero-order chi connectivity index (χ0) is 4.41. The van der Waals surface area contributed by atoms with Gasteiger partial charge in [0.1, 0.15) is 0 Å². The Labute approximate surface area is 58.2 Å². The first-order valence-electron chi connectivity index (χ1n) is 2.10. The predicted octanol–water partition coefficient (Wildman–Crippen LogP) is 0.678. The van der Waals surface area contributed by atoms with E-state index >= 15 is 0 Å². The van der Waals surface area contributed by atoms with Crippen molar-refractivity contribution < 1.29 is 27.2 Å². The molecule has 1 fully saturated rings. The van der Waals surface area contributed by atoms with E-state index in [0.717, 1.165) is 13.0 Å². The van der Waals surface area contributed by atoms with Crippen LogP contribution in [0.5, 0.6) is 0 Å². The van der Waals surface area contributed by atoms with Gasteiger partial charge in [-0.15, -0.1) is 6.54 Å². The number of amides is 1. The Morgan fingerprint density at radius 3 is 2.43 bits per heavy atom. The van der Waals surface area contributed by atoms with Gasteiger partial charge in [-0.25, -0.2) is 0 Å². The van der Waals surface area contributed by atoms with Crippen molar-refractivity contribution in [1.82, 2.24) is 0 Å². The van der Waals surface area contributed by atoms with Gasteiger partial charge >= 0.3 is 22.4 Å². The topological polar surface area (TPSA) is 31.2 Å². The Kier molecular flexibility index (Phi) is 3.34. The molecule has 1 heterocycles. The third-order valence-electron chi connectivity index (χ3n) is 0.837. The summed E-state index contributed by atoms with van der Waals surface area (Å²) >= 11 is 0. The fraction of sp³-hybridized carbons (Fsp3) is 0.750. The van der Waals surface area contributed by atoms with Gasteiger partial charge in [-0.3, -0.25) is 0 Å². The van der Waals surface area contributed by atoms with E-state index < -0.39 is 0 Å². The van der Waals surface area contributed by atoms with Crippen LogP contribution in [0.3, 0.4) is 0 Å². The van der Waals surface area contributed by atoms with E-state index in [4.69, 9.17) is 0 Å². The van der Waals surface area contributed by atoms with E-state index in [2.05, 4.69) is 5.32 Å². The number of hydrogen-bond acceptors (Lipinski definition) is 1. The second-order valence-electron chi connectivity index (χ2n) is 1.38. The van der Waals surface area contributed by atoms with Crippen LogP contribution in [0.1, 0.15) is 12.8 Å². The number of carbonyl (C=O) groups excluding carboxylic acids is 1. The van der Waals surface area contributed by atoms with Gasteiger partial charge in [0.05, 0.1) is 5.91 Å². The predicted molar refractivity (Wildman–Crippen MR) is 22.5 cm³/mol. The second kappa shape index (κ2) is 3.24. The summed E-state index contributed by atoms with van der Waals surface area (Å²) in [6, 6.07) is 0. The van der Waals surface area contributed by atoms with Crippen molar-refractivity contribution in [3.8, 4) is 0 Å². The van der Waals surface area contributed by atoms with Gasteiger partial charge in [0.15, 0.2) is 0 Å². The minimum absolute atomic E-state index is 0. The van der Waals surface area contributed by atoms with Crippen molar-refractivity contribution >= 4 is 5.91 Å². The maximum absolute atomic E-state index is 10.1. The Morgan fingerprint density at radius 1 is 1.57 bits per heavy atom. The van der Waals surface area contributed by atoms with Gasteiger partial charge in [-0.05, 0) is 6.42 Å². The number of hydrogen-bond donors (Lipinski definition) is 0. The van der Waals surface area contributed by atoms with Crippen molar-refractivity contribution in [2.45, 2.75) is 12.8 Å². The maximum Gasteiger partial charge on any atom is 1.00 e. The quantitative estimate of drug-likeness (QED) is 0.601. The Morgan fingerprint density at radius 2 is 2.29 bits per heavy atom. The summed E-state index contributed by atoms with van der Waals surface area (Å²) in [6.07, 6.45) is 1.65. The van der Waals surface area contributed by atoms with Crippen LogP contribution in [0.4, 0.5) is 0 Å². The van der Waals surface area contributed by atoms with E-state index in [-0.39, 0.29) is 28.3 Å². The number of nitrogens with zero attached hydrogens (tertiary/aromatic N) is 1. The first kappa shape index (κ1) is 7.21. The molecule has 1 amide bonds. The molecule has 0 aromatic heterocycles. The third-order valence-corrected chi connectivity index (χ3v) is 0.837. The van der Waals surface area contributed by atoms with Crippen LogP contribution in [-0.4, -0.2) is 12.5 Å². The van der Waals surface area contributed by atoms with Crippen LogP contribution in [0.25, 0.3) is 5.32 Å². The minimum atomic E-state index is 0. The van der Waals surface area contributed by atoms with Crippen molar-refractivity contribution in [3.05, 3.63) is 5.32 Å². The Hall–Kier alpha value is 0.210. The molecule has 2 nitrogen and oxygen atoms in total. The Bertz CT molecular complexity index is 66.1. The van der Waals surface area contributed by atoms with Gasteiger partial charge in [0, 0.05) is 0 Å². The van der Waals surface area contributed by atoms with E-state index in [0.29, 0.717) is 6.42 Å². The van der Waals surface area contributed by atoms with Gasteiger partial charge in [-0.2, -0.15) is 0 Å². The summed E-state index contributed by atoms with van der Waals surface area (Å²) in [7, 11) is 0. The zero-order valence-electron chi connectivity index (χ0n) is 3.78. The molecular weight excluding hydrogens is 275 g/mol. The SMILES string of the molecule is O=C1CCC[N-]1.[Au+]. The third kappa shape index (κ3) is 2.12. The molecule has 0 aromatic rings. The standard InChI is InChI=1S/C4H7NO.Au/c6-4-2-1-3-5-4;/h1-3H2,(H,5,6);/q;+1/p-1. The van der Waals surface area contributed by atoms with Gasteiger partial charge < -0.3 is 10.1 Å². The molecule has 0 spiro atoms. The molecule has 1 aliphatic heterocycles. The molecule has 1 rings (SSSR count). The van der Waals surface area contributed by atoms with E-state index in [1.165, 1.54) is 0 Å². The molecule has 7 heavy (non-hydrogen) atoms. The van der Waals surface area contributed by atoms with Gasteiger partial charge in [-0.1, -0.05) is 6.42 Å². The summed E-state index contributed by atoms with van der Waals surface area (Å²) < 4.78 is 0. The van der Waals surface area contributed by atoms with Crippen LogP contribution in [0, 0.1) is 0 Å². The molecule has 0 N–H and O–H groups in total. The molecule has 0 aromatic carbocycles. The summed E-state index contributed by atoms with van der Waals surface area (Å²) in [4.78, 5) is 10.1. The van der Waals surface area contributed by atoms with Crippen LogP contribution >= 0.6 is 0 Å². The smallest absolute Gasteiger partial charge is 0.653 e. The first-order valence-corrected chi connectivity index (χ1v) is 2.10. The zero-order valence-corrected chi connectivity index (χ0v) is 5.94. The van der Waals surface area contributed by atoms with Crippen LogP contribution < -0.4 is 0 Å². The molecule has 0 atom stereocenters. The fourth-order valence-electron chi connectivity index (χ4n) is 0.513.